The van der Waals surface area contributed by atoms with Gasteiger partial charge in [0.15, 0.2) is 0 Å². The summed E-state index contributed by atoms with van der Waals surface area (Å²) >= 11 is 0. The molecule has 1 aromatic rings. The van der Waals surface area contributed by atoms with Gasteiger partial charge in [0.2, 0.25) is 0 Å². The molecule has 0 aliphatic carbocycles. The van der Waals surface area contributed by atoms with Crippen LogP contribution in [-0.4, -0.2) is 65.8 Å². The first-order valence-electron chi connectivity index (χ1n) is 9.53. The van der Waals surface area contributed by atoms with E-state index in [1.54, 1.807) is 11.2 Å². The molecule has 1 atom stereocenters. The lowest BCUT2D eigenvalue weighted by atomic mass is 10.0. The maximum absolute atomic E-state index is 12.4. The predicted molar refractivity (Wildman–Crippen MR) is 105 cm³/mol. The van der Waals surface area contributed by atoms with Crippen molar-refractivity contribution in [3.8, 4) is 0 Å². The van der Waals surface area contributed by atoms with E-state index in [1.807, 2.05) is 33.9 Å². The van der Waals surface area contributed by atoms with Crippen molar-refractivity contribution in [1.29, 1.82) is 0 Å². The number of anilines is 2. The molecule has 2 rings (SSSR count). The third kappa shape index (κ3) is 5.22. The van der Waals surface area contributed by atoms with Crippen molar-refractivity contribution in [3.63, 3.8) is 0 Å². The summed E-state index contributed by atoms with van der Waals surface area (Å²) in [6.45, 7) is 13.4. The van der Waals surface area contributed by atoms with Gasteiger partial charge in [0.05, 0.1) is 6.04 Å². The fraction of sp³-hybridized carbons (Fsp3) is 0.737. The number of hydrogen-bond donors (Lipinski definition) is 0. The average molecular weight is 364 g/mol. The fourth-order valence-electron chi connectivity index (χ4n) is 3.19. The minimum Gasteiger partial charge on any atom is -0.444 e. The molecule has 1 amide bonds. The van der Waals surface area contributed by atoms with Crippen LogP contribution in [0.4, 0.5) is 16.4 Å². The molecule has 1 aliphatic heterocycles. The molecule has 0 radical (unpaired) electrons. The third-order valence-corrected chi connectivity index (χ3v) is 4.68. The van der Waals surface area contributed by atoms with Gasteiger partial charge in [-0.1, -0.05) is 0 Å². The first-order valence-corrected chi connectivity index (χ1v) is 9.53. The summed E-state index contributed by atoms with van der Waals surface area (Å²) in [5.74, 6) is 1.87. The Balaban J connectivity index is 2.08. The van der Waals surface area contributed by atoms with Gasteiger partial charge in [0.1, 0.15) is 23.6 Å². The molecule has 1 fully saturated rings. The van der Waals surface area contributed by atoms with Crippen molar-refractivity contribution < 1.29 is 9.53 Å². The Morgan fingerprint density at radius 1 is 1.31 bits per heavy atom. The van der Waals surface area contributed by atoms with Crippen molar-refractivity contribution in [2.24, 2.45) is 0 Å². The highest BCUT2D eigenvalue weighted by Gasteiger charge is 2.29. The Morgan fingerprint density at radius 3 is 2.62 bits per heavy atom. The predicted octanol–water partition coefficient (Wildman–Crippen LogP) is 3.16. The van der Waals surface area contributed by atoms with Crippen LogP contribution in [-0.2, 0) is 4.74 Å². The highest BCUT2D eigenvalue weighted by Crippen LogP contribution is 2.24. The van der Waals surface area contributed by atoms with Crippen molar-refractivity contribution in [1.82, 2.24) is 14.9 Å². The molecule has 1 aromatic heterocycles. The highest BCUT2D eigenvalue weighted by molar-refractivity contribution is 5.68. The second-order valence-corrected chi connectivity index (χ2v) is 7.74. The van der Waals surface area contributed by atoms with Crippen LogP contribution in [0.1, 0.15) is 47.5 Å². The van der Waals surface area contributed by atoms with E-state index in [2.05, 4.69) is 33.6 Å². The van der Waals surface area contributed by atoms with Crippen molar-refractivity contribution in [3.05, 3.63) is 12.4 Å². The average Bonchev–Trinajstić information content (AvgIpc) is 2.61. The van der Waals surface area contributed by atoms with E-state index in [9.17, 15) is 4.79 Å². The largest absolute Gasteiger partial charge is 0.444 e. The molecule has 0 saturated carbocycles. The molecule has 146 valence electrons. The quantitative estimate of drug-likeness (QED) is 0.801. The van der Waals surface area contributed by atoms with Crippen LogP contribution in [0, 0.1) is 0 Å². The van der Waals surface area contributed by atoms with E-state index in [0.717, 1.165) is 50.7 Å². The minimum atomic E-state index is -0.481. The Bertz CT molecular complexity index is 598. The summed E-state index contributed by atoms with van der Waals surface area (Å²) in [5.41, 5.74) is -0.481. The fourth-order valence-corrected chi connectivity index (χ4v) is 3.19. The maximum atomic E-state index is 12.4. The second-order valence-electron chi connectivity index (χ2n) is 7.74. The summed E-state index contributed by atoms with van der Waals surface area (Å²) < 4.78 is 5.51. The number of carbonyl (C=O) groups excluding carboxylic acids is 1. The second kappa shape index (κ2) is 8.56. The maximum Gasteiger partial charge on any atom is 0.410 e. The van der Waals surface area contributed by atoms with Crippen LogP contribution in [0.2, 0.25) is 0 Å². The van der Waals surface area contributed by atoms with E-state index >= 15 is 0 Å². The van der Waals surface area contributed by atoms with E-state index in [1.165, 1.54) is 0 Å². The molecule has 1 saturated heterocycles. The van der Waals surface area contributed by atoms with Crippen LogP contribution >= 0.6 is 0 Å². The Morgan fingerprint density at radius 2 is 2.00 bits per heavy atom. The molecule has 26 heavy (non-hydrogen) atoms. The minimum absolute atomic E-state index is 0.116. The van der Waals surface area contributed by atoms with E-state index in [0.29, 0.717) is 0 Å². The standard InChI is InChI=1S/C19H33N5O2/c1-7-23(8-2)16-12-17(21-14-20-16)24-11-9-10-15(13-24)22(6)18(25)26-19(3,4)5/h12,14-15H,7-11,13H2,1-6H3/t15-/m0/s1. The van der Waals surface area contributed by atoms with Crippen molar-refractivity contribution >= 4 is 17.7 Å². The molecule has 0 aromatic carbocycles. The van der Waals surface area contributed by atoms with E-state index < -0.39 is 5.60 Å². The summed E-state index contributed by atoms with van der Waals surface area (Å²) in [6, 6.07) is 2.16. The Labute approximate surface area is 157 Å². The number of rotatable bonds is 5. The molecule has 0 spiro atoms. The van der Waals surface area contributed by atoms with Gasteiger partial charge < -0.3 is 19.4 Å². The number of carbonyl (C=O) groups is 1. The van der Waals surface area contributed by atoms with Crippen LogP contribution in [0.3, 0.4) is 0 Å². The first-order chi connectivity index (χ1) is 12.2. The summed E-state index contributed by atoms with van der Waals surface area (Å²) in [4.78, 5) is 27.4. The number of aromatic nitrogens is 2. The number of amides is 1. The molecule has 1 aliphatic rings. The molecule has 2 heterocycles. The number of piperidine rings is 1. The smallest absolute Gasteiger partial charge is 0.410 e. The molecule has 0 bridgehead atoms. The molecule has 0 unspecified atom stereocenters. The zero-order chi connectivity index (χ0) is 19.3. The van der Waals surface area contributed by atoms with Gasteiger partial charge in [-0.15, -0.1) is 0 Å². The third-order valence-electron chi connectivity index (χ3n) is 4.68. The monoisotopic (exact) mass is 363 g/mol. The number of nitrogens with zero attached hydrogens (tertiary/aromatic N) is 5. The van der Waals surface area contributed by atoms with Gasteiger partial charge in [0, 0.05) is 39.3 Å². The van der Waals surface area contributed by atoms with E-state index in [-0.39, 0.29) is 12.1 Å². The lowest BCUT2D eigenvalue weighted by Crippen LogP contribution is -2.50. The summed E-state index contributed by atoms with van der Waals surface area (Å²) in [6.07, 6.45) is 3.35. The van der Waals surface area contributed by atoms with Crippen LogP contribution in [0.15, 0.2) is 12.4 Å². The van der Waals surface area contributed by atoms with Gasteiger partial charge in [0.25, 0.3) is 0 Å². The number of ether oxygens (including phenoxy) is 1. The first kappa shape index (κ1) is 20.3. The number of likely N-dealkylation sites (N-methyl/N-ethyl adjacent to an activating group) is 1. The van der Waals surface area contributed by atoms with Gasteiger partial charge in [-0.2, -0.15) is 0 Å². The van der Waals surface area contributed by atoms with Gasteiger partial charge in [-0.3, -0.25) is 0 Å². The summed E-state index contributed by atoms with van der Waals surface area (Å²) in [7, 11) is 1.82. The summed E-state index contributed by atoms with van der Waals surface area (Å²) in [5, 5.41) is 0. The SMILES string of the molecule is CCN(CC)c1cc(N2CCC[C@H](N(C)C(=O)OC(C)(C)C)C2)ncn1. The molecular weight excluding hydrogens is 330 g/mol. The lowest BCUT2D eigenvalue weighted by Gasteiger charge is -2.38. The Hall–Kier alpha value is -2.05. The lowest BCUT2D eigenvalue weighted by molar-refractivity contribution is 0.0209. The molecule has 7 heteroatoms. The normalized spacial score (nSPS) is 17.8. The van der Waals surface area contributed by atoms with Crippen molar-refractivity contribution in [2.45, 2.75) is 59.1 Å². The highest BCUT2D eigenvalue weighted by atomic mass is 16.6. The van der Waals surface area contributed by atoms with Gasteiger partial charge >= 0.3 is 6.09 Å². The van der Waals surface area contributed by atoms with Gasteiger partial charge in [-0.05, 0) is 47.5 Å². The van der Waals surface area contributed by atoms with Crippen LogP contribution in [0.25, 0.3) is 0 Å². The van der Waals surface area contributed by atoms with Crippen LogP contribution < -0.4 is 9.80 Å². The molecular formula is C19H33N5O2. The molecule has 0 N–H and O–H groups in total. The van der Waals surface area contributed by atoms with Gasteiger partial charge in [-0.25, -0.2) is 14.8 Å². The van der Waals surface area contributed by atoms with E-state index in [4.69, 9.17) is 4.74 Å². The number of hydrogen-bond acceptors (Lipinski definition) is 6. The molecule has 7 nitrogen and oxygen atoms in total. The zero-order valence-corrected chi connectivity index (χ0v) is 17.0. The topological polar surface area (TPSA) is 61.8 Å². The Kier molecular flexibility index (Phi) is 6.67. The van der Waals surface area contributed by atoms with Crippen LogP contribution in [0.5, 0.6) is 0 Å². The zero-order valence-electron chi connectivity index (χ0n) is 17.0. The van der Waals surface area contributed by atoms with Crippen molar-refractivity contribution in [2.75, 3.05) is 43.0 Å².